The minimum Gasteiger partial charge on any atom is -0.506 e. The second-order valence-corrected chi connectivity index (χ2v) is 11.4. The fourth-order valence-corrected chi connectivity index (χ4v) is 5.26. The SMILES string of the molecule is CCCCCCCCCCOc1cc(C(=O)Nc2ccc3cc(S(N)(=O)=O)ccc3c2)c(O)c2ccccc12. The normalized spacial score (nSPS) is 11.6. The number of rotatable bonds is 13. The van der Waals surface area contributed by atoms with Crippen LogP contribution in [0.2, 0.25) is 0 Å². The molecule has 0 fully saturated rings. The number of sulfonamides is 1. The highest BCUT2D eigenvalue weighted by Crippen LogP contribution is 2.36. The van der Waals surface area contributed by atoms with E-state index in [9.17, 15) is 18.3 Å². The number of benzene rings is 4. The molecule has 0 saturated carbocycles. The summed E-state index contributed by atoms with van der Waals surface area (Å²) in [6.07, 6.45) is 9.59. The van der Waals surface area contributed by atoms with Crippen LogP contribution in [0.5, 0.6) is 11.5 Å². The number of primary sulfonamides is 1. The lowest BCUT2D eigenvalue weighted by molar-refractivity contribution is 0.102. The molecule has 0 unspecified atom stereocenters. The second-order valence-electron chi connectivity index (χ2n) is 9.86. The number of hydrogen-bond acceptors (Lipinski definition) is 5. The van der Waals surface area contributed by atoms with Gasteiger partial charge in [-0.25, -0.2) is 13.6 Å². The lowest BCUT2D eigenvalue weighted by atomic mass is 10.0. The van der Waals surface area contributed by atoms with Gasteiger partial charge in [0.1, 0.15) is 11.5 Å². The van der Waals surface area contributed by atoms with Crippen LogP contribution in [0.3, 0.4) is 0 Å². The first kappa shape index (κ1) is 28.4. The lowest BCUT2D eigenvalue weighted by Gasteiger charge is -2.15. The van der Waals surface area contributed by atoms with Crippen molar-refractivity contribution in [2.75, 3.05) is 11.9 Å². The van der Waals surface area contributed by atoms with Crippen LogP contribution in [0.1, 0.15) is 68.6 Å². The van der Waals surface area contributed by atoms with E-state index in [0.29, 0.717) is 28.8 Å². The van der Waals surface area contributed by atoms with Gasteiger partial charge in [-0.15, -0.1) is 0 Å². The Kier molecular flexibility index (Phi) is 9.43. The summed E-state index contributed by atoms with van der Waals surface area (Å²) < 4.78 is 29.4. The number of ether oxygens (including phenoxy) is 1. The van der Waals surface area contributed by atoms with Gasteiger partial charge in [-0.1, -0.05) is 88.3 Å². The molecule has 0 aliphatic rings. The molecule has 0 aliphatic carbocycles. The average molecular weight is 549 g/mol. The van der Waals surface area contributed by atoms with E-state index < -0.39 is 15.9 Å². The summed E-state index contributed by atoms with van der Waals surface area (Å²) >= 11 is 0. The zero-order valence-corrected chi connectivity index (χ0v) is 23.1. The molecule has 0 atom stereocenters. The number of phenolic OH excluding ortho intramolecular Hbond substituents is 1. The average Bonchev–Trinajstić information content (AvgIpc) is 2.92. The number of nitrogens with one attached hydrogen (secondary N) is 1. The fourth-order valence-electron chi connectivity index (χ4n) is 4.71. The molecule has 0 aromatic heterocycles. The van der Waals surface area contributed by atoms with Gasteiger partial charge >= 0.3 is 0 Å². The van der Waals surface area contributed by atoms with Crippen molar-refractivity contribution in [1.29, 1.82) is 0 Å². The summed E-state index contributed by atoms with van der Waals surface area (Å²) in [6.45, 7) is 2.76. The van der Waals surface area contributed by atoms with Crippen molar-refractivity contribution in [1.82, 2.24) is 0 Å². The molecule has 8 heteroatoms. The van der Waals surface area contributed by atoms with Gasteiger partial charge in [0.25, 0.3) is 5.91 Å². The Bertz CT molecular complexity index is 1570. The summed E-state index contributed by atoms with van der Waals surface area (Å²) in [7, 11) is -3.81. The Labute approximate surface area is 230 Å². The number of phenols is 1. The number of carbonyl (C=O) groups is 1. The minimum atomic E-state index is -3.81. The van der Waals surface area contributed by atoms with E-state index in [1.165, 1.54) is 50.7 Å². The van der Waals surface area contributed by atoms with Crippen LogP contribution in [-0.2, 0) is 10.0 Å². The molecule has 206 valence electrons. The first-order chi connectivity index (χ1) is 18.8. The number of anilines is 1. The highest BCUT2D eigenvalue weighted by molar-refractivity contribution is 7.89. The summed E-state index contributed by atoms with van der Waals surface area (Å²) in [6, 6.07) is 18.6. The van der Waals surface area contributed by atoms with E-state index in [0.717, 1.165) is 23.6 Å². The van der Waals surface area contributed by atoms with Crippen LogP contribution in [0.25, 0.3) is 21.5 Å². The van der Waals surface area contributed by atoms with Gasteiger partial charge in [-0.2, -0.15) is 0 Å². The van der Waals surface area contributed by atoms with Crippen molar-refractivity contribution < 1.29 is 23.1 Å². The maximum absolute atomic E-state index is 13.3. The van der Waals surface area contributed by atoms with Gasteiger partial charge in [-0.3, -0.25) is 4.79 Å². The molecule has 1 amide bonds. The maximum atomic E-state index is 13.3. The molecule has 0 aliphatic heterocycles. The summed E-state index contributed by atoms with van der Waals surface area (Å²) in [5.74, 6) is -0.0256. The molecular formula is C31H36N2O5S. The number of aromatic hydroxyl groups is 1. The van der Waals surface area contributed by atoms with Gasteiger partial charge in [0.05, 0.1) is 17.1 Å². The highest BCUT2D eigenvalue weighted by atomic mass is 32.2. The first-order valence-corrected chi connectivity index (χ1v) is 15.1. The van der Waals surface area contributed by atoms with E-state index in [2.05, 4.69) is 12.2 Å². The van der Waals surface area contributed by atoms with Crippen molar-refractivity contribution in [3.05, 3.63) is 72.3 Å². The maximum Gasteiger partial charge on any atom is 0.259 e. The third-order valence-corrected chi connectivity index (χ3v) is 7.79. The molecule has 0 radical (unpaired) electrons. The van der Waals surface area contributed by atoms with Gasteiger partial charge in [0.15, 0.2) is 0 Å². The third kappa shape index (κ3) is 7.28. The van der Waals surface area contributed by atoms with Crippen LogP contribution in [-0.4, -0.2) is 26.0 Å². The van der Waals surface area contributed by atoms with Gasteiger partial charge in [-0.05, 0) is 47.5 Å². The van der Waals surface area contributed by atoms with Crippen molar-refractivity contribution >= 4 is 43.2 Å². The summed E-state index contributed by atoms with van der Waals surface area (Å²) in [5.41, 5.74) is 0.620. The largest absolute Gasteiger partial charge is 0.506 e. The summed E-state index contributed by atoms with van der Waals surface area (Å²) in [4.78, 5) is 13.3. The standard InChI is InChI=1S/C31H36N2O5S/c1-2-3-4-5-6-7-8-11-18-38-29-21-28(30(34)27-13-10-9-12-26(27)29)31(35)33-24-16-14-23-20-25(39(32,36)37)17-15-22(23)19-24/h9-10,12-17,19-21,34H,2-8,11,18H2,1H3,(H,33,35)(H2,32,36,37). The molecule has 4 aromatic rings. The third-order valence-electron chi connectivity index (χ3n) is 6.88. The van der Waals surface area contributed by atoms with Crippen LogP contribution in [0, 0.1) is 0 Å². The predicted molar refractivity (Wildman–Crippen MR) is 157 cm³/mol. The Morgan fingerprint density at radius 3 is 2.21 bits per heavy atom. The highest BCUT2D eigenvalue weighted by Gasteiger charge is 2.18. The zero-order chi connectivity index (χ0) is 27.8. The number of fused-ring (bicyclic) bond motifs is 2. The Hall–Kier alpha value is -3.62. The van der Waals surface area contributed by atoms with E-state index >= 15 is 0 Å². The van der Waals surface area contributed by atoms with Crippen molar-refractivity contribution in [2.24, 2.45) is 5.14 Å². The number of amides is 1. The predicted octanol–water partition coefficient (Wildman–Crippen LogP) is 7.12. The van der Waals surface area contributed by atoms with Crippen molar-refractivity contribution in [2.45, 2.75) is 63.2 Å². The van der Waals surface area contributed by atoms with Crippen LogP contribution >= 0.6 is 0 Å². The Morgan fingerprint density at radius 1 is 0.846 bits per heavy atom. The second kappa shape index (κ2) is 13.0. The van der Waals surface area contributed by atoms with Gasteiger partial charge in [0.2, 0.25) is 10.0 Å². The number of carbonyl (C=O) groups excluding carboxylic acids is 1. The minimum absolute atomic E-state index is 0.0207. The molecule has 4 rings (SSSR count). The Balaban J connectivity index is 1.47. The van der Waals surface area contributed by atoms with Crippen molar-refractivity contribution in [3.63, 3.8) is 0 Å². The first-order valence-electron chi connectivity index (χ1n) is 13.5. The van der Waals surface area contributed by atoms with Gasteiger partial charge in [0, 0.05) is 16.5 Å². The molecule has 0 heterocycles. The van der Waals surface area contributed by atoms with Crippen LogP contribution in [0.15, 0.2) is 71.6 Å². The van der Waals surface area contributed by atoms with E-state index in [1.807, 2.05) is 18.2 Å². The number of hydrogen-bond donors (Lipinski definition) is 3. The molecular weight excluding hydrogens is 512 g/mol. The van der Waals surface area contributed by atoms with Crippen LogP contribution in [0.4, 0.5) is 5.69 Å². The molecule has 4 N–H and O–H groups in total. The zero-order valence-electron chi connectivity index (χ0n) is 22.3. The lowest BCUT2D eigenvalue weighted by Crippen LogP contribution is -2.13. The molecule has 7 nitrogen and oxygen atoms in total. The molecule has 4 aromatic carbocycles. The van der Waals surface area contributed by atoms with E-state index in [4.69, 9.17) is 9.88 Å². The molecule has 0 bridgehead atoms. The van der Waals surface area contributed by atoms with Gasteiger partial charge < -0.3 is 15.2 Å². The van der Waals surface area contributed by atoms with E-state index in [-0.39, 0.29) is 16.2 Å². The fraction of sp³-hybridized carbons (Fsp3) is 0.323. The van der Waals surface area contributed by atoms with Crippen LogP contribution < -0.4 is 15.2 Å². The molecule has 0 spiro atoms. The number of nitrogens with two attached hydrogens (primary N) is 1. The number of unbranched alkanes of at least 4 members (excludes halogenated alkanes) is 7. The topological polar surface area (TPSA) is 119 Å². The Morgan fingerprint density at radius 2 is 1.49 bits per heavy atom. The quantitative estimate of drug-likeness (QED) is 0.154. The van der Waals surface area contributed by atoms with E-state index in [1.54, 1.807) is 36.4 Å². The monoisotopic (exact) mass is 548 g/mol. The summed E-state index contributed by atoms with van der Waals surface area (Å²) in [5, 5.41) is 21.7. The molecule has 39 heavy (non-hydrogen) atoms. The van der Waals surface area contributed by atoms with Crippen molar-refractivity contribution in [3.8, 4) is 11.5 Å². The smallest absolute Gasteiger partial charge is 0.259 e. The molecule has 0 saturated heterocycles.